The molecule has 1 rings (SSSR count). The molecule has 0 spiro atoms. The van der Waals surface area contributed by atoms with Gasteiger partial charge in [-0.15, -0.1) is 0 Å². The number of hydrogen-bond acceptors (Lipinski definition) is 8. The normalized spacial score (nSPS) is 13.2. The van der Waals surface area contributed by atoms with Gasteiger partial charge in [0.1, 0.15) is 0 Å². The standard InChI is InChI=1S/C9H15F3N6O2/c1-4(2)20-8-16-6(15-7(17-8)18-13)14-3-5(19)9(10,11)12/h4-5,19H,3,13H2,1-2H3,(H2,14,15,16,17,18). The van der Waals surface area contributed by atoms with Crippen molar-refractivity contribution in [3.8, 4) is 6.01 Å². The number of aliphatic hydroxyl groups is 1. The molecule has 5 N–H and O–H groups in total. The summed E-state index contributed by atoms with van der Waals surface area (Å²) >= 11 is 0. The van der Waals surface area contributed by atoms with Gasteiger partial charge in [-0.2, -0.15) is 28.1 Å². The molecule has 11 heteroatoms. The summed E-state index contributed by atoms with van der Waals surface area (Å²) in [4.78, 5) is 11.2. The van der Waals surface area contributed by atoms with Crippen molar-refractivity contribution in [2.24, 2.45) is 5.84 Å². The second-order valence-corrected chi connectivity index (χ2v) is 4.01. The lowest BCUT2D eigenvalue weighted by Crippen LogP contribution is -2.35. The van der Waals surface area contributed by atoms with Gasteiger partial charge in [0, 0.05) is 0 Å². The van der Waals surface area contributed by atoms with Gasteiger partial charge in [-0.1, -0.05) is 0 Å². The molecule has 1 heterocycles. The first-order valence-corrected chi connectivity index (χ1v) is 5.60. The minimum absolute atomic E-state index is 0.0837. The number of nitrogen functional groups attached to an aromatic ring is 1. The summed E-state index contributed by atoms with van der Waals surface area (Å²) in [7, 11) is 0. The maximum Gasteiger partial charge on any atom is 0.416 e. The van der Waals surface area contributed by atoms with E-state index in [0.29, 0.717) is 0 Å². The van der Waals surface area contributed by atoms with E-state index in [2.05, 4.69) is 25.7 Å². The fraction of sp³-hybridized carbons (Fsp3) is 0.667. The van der Waals surface area contributed by atoms with Crippen LogP contribution in [-0.4, -0.2) is 45.0 Å². The van der Waals surface area contributed by atoms with Crippen molar-refractivity contribution in [1.29, 1.82) is 0 Å². The topological polar surface area (TPSA) is 118 Å². The van der Waals surface area contributed by atoms with Gasteiger partial charge in [-0.25, -0.2) is 5.84 Å². The van der Waals surface area contributed by atoms with Crippen molar-refractivity contribution >= 4 is 11.9 Å². The zero-order chi connectivity index (χ0) is 15.3. The quantitative estimate of drug-likeness (QED) is 0.436. The fourth-order valence-electron chi connectivity index (χ4n) is 1.07. The SMILES string of the molecule is CC(C)Oc1nc(NN)nc(NCC(O)C(F)(F)F)n1. The number of aliphatic hydroxyl groups excluding tert-OH is 1. The molecule has 1 aromatic heterocycles. The summed E-state index contributed by atoms with van der Waals surface area (Å²) in [5.41, 5.74) is 2.13. The van der Waals surface area contributed by atoms with Crippen molar-refractivity contribution < 1.29 is 23.0 Å². The molecule has 0 fully saturated rings. The lowest BCUT2D eigenvalue weighted by atomic mass is 10.3. The Balaban J connectivity index is 2.78. The number of rotatable bonds is 6. The summed E-state index contributed by atoms with van der Waals surface area (Å²) in [5.74, 6) is 4.84. The van der Waals surface area contributed by atoms with Crippen LogP contribution >= 0.6 is 0 Å². The highest BCUT2D eigenvalue weighted by atomic mass is 19.4. The van der Waals surface area contributed by atoms with Crippen LogP contribution in [-0.2, 0) is 0 Å². The van der Waals surface area contributed by atoms with E-state index in [4.69, 9.17) is 15.7 Å². The Hall–Kier alpha value is -1.88. The monoisotopic (exact) mass is 296 g/mol. The van der Waals surface area contributed by atoms with Crippen molar-refractivity contribution in [2.75, 3.05) is 17.3 Å². The largest absolute Gasteiger partial charge is 0.461 e. The van der Waals surface area contributed by atoms with Crippen LogP contribution in [0.5, 0.6) is 6.01 Å². The van der Waals surface area contributed by atoms with Crippen molar-refractivity contribution in [2.45, 2.75) is 32.2 Å². The van der Waals surface area contributed by atoms with Gasteiger partial charge in [-0.3, -0.25) is 5.43 Å². The summed E-state index contributed by atoms with van der Waals surface area (Å²) in [5, 5.41) is 11.1. The van der Waals surface area contributed by atoms with E-state index in [1.165, 1.54) is 0 Å². The average molecular weight is 296 g/mol. The Bertz CT molecular complexity index is 442. The zero-order valence-electron chi connectivity index (χ0n) is 10.8. The van der Waals surface area contributed by atoms with E-state index in [0.717, 1.165) is 0 Å². The molecule has 0 aliphatic heterocycles. The summed E-state index contributed by atoms with van der Waals surface area (Å²) in [6.07, 6.45) is -7.51. The molecule has 1 aromatic rings. The molecule has 1 atom stereocenters. The first-order chi connectivity index (χ1) is 9.22. The van der Waals surface area contributed by atoms with Crippen LogP contribution in [0.4, 0.5) is 25.1 Å². The van der Waals surface area contributed by atoms with E-state index >= 15 is 0 Å². The van der Waals surface area contributed by atoms with Crippen LogP contribution in [0, 0.1) is 0 Å². The average Bonchev–Trinajstić information content (AvgIpc) is 2.33. The van der Waals surface area contributed by atoms with Crippen LogP contribution in [0.2, 0.25) is 0 Å². The number of nitrogens with one attached hydrogen (secondary N) is 2. The number of hydrazine groups is 1. The smallest absolute Gasteiger partial charge is 0.416 e. The zero-order valence-corrected chi connectivity index (χ0v) is 10.8. The maximum absolute atomic E-state index is 12.1. The third-order valence-electron chi connectivity index (χ3n) is 1.92. The fourth-order valence-corrected chi connectivity index (χ4v) is 1.07. The van der Waals surface area contributed by atoms with Gasteiger partial charge < -0.3 is 15.2 Å². The summed E-state index contributed by atoms with van der Waals surface area (Å²) in [6, 6.07) is -0.105. The van der Waals surface area contributed by atoms with E-state index in [1.807, 2.05) is 0 Å². The van der Waals surface area contributed by atoms with Gasteiger partial charge in [0.25, 0.3) is 0 Å². The van der Waals surface area contributed by atoms with Gasteiger partial charge in [0.05, 0.1) is 12.6 Å². The number of anilines is 2. The van der Waals surface area contributed by atoms with Crippen LogP contribution in [0.3, 0.4) is 0 Å². The molecule has 8 nitrogen and oxygen atoms in total. The van der Waals surface area contributed by atoms with E-state index in [-0.39, 0.29) is 24.0 Å². The highest BCUT2D eigenvalue weighted by molar-refractivity contribution is 5.35. The Labute approximate surface area is 112 Å². The van der Waals surface area contributed by atoms with Gasteiger partial charge in [0.15, 0.2) is 6.10 Å². The number of nitrogens with two attached hydrogens (primary N) is 1. The lowest BCUT2D eigenvalue weighted by Gasteiger charge is -2.15. The molecule has 0 saturated heterocycles. The maximum atomic E-state index is 12.1. The molecular formula is C9H15F3N6O2. The van der Waals surface area contributed by atoms with Crippen LogP contribution < -0.4 is 21.3 Å². The Morgan fingerprint density at radius 3 is 2.35 bits per heavy atom. The molecule has 0 amide bonds. The first-order valence-electron chi connectivity index (χ1n) is 5.60. The number of alkyl halides is 3. The molecular weight excluding hydrogens is 281 g/mol. The molecule has 0 saturated carbocycles. The molecule has 0 bridgehead atoms. The van der Waals surface area contributed by atoms with Gasteiger partial charge in [0.2, 0.25) is 11.9 Å². The molecule has 0 radical (unpaired) electrons. The number of ether oxygens (including phenoxy) is 1. The van der Waals surface area contributed by atoms with E-state index in [1.54, 1.807) is 13.8 Å². The second-order valence-electron chi connectivity index (χ2n) is 4.01. The molecule has 1 unspecified atom stereocenters. The van der Waals surface area contributed by atoms with E-state index in [9.17, 15) is 13.2 Å². The third-order valence-corrected chi connectivity index (χ3v) is 1.92. The van der Waals surface area contributed by atoms with Crippen LogP contribution in [0.25, 0.3) is 0 Å². The van der Waals surface area contributed by atoms with Crippen LogP contribution in [0.15, 0.2) is 0 Å². The predicted octanol–water partition coefficient (Wildman–Crippen LogP) is 0.279. The van der Waals surface area contributed by atoms with Gasteiger partial charge in [-0.05, 0) is 13.8 Å². The number of nitrogens with zero attached hydrogens (tertiary/aromatic N) is 3. The highest BCUT2D eigenvalue weighted by Crippen LogP contribution is 2.20. The van der Waals surface area contributed by atoms with Crippen LogP contribution in [0.1, 0.15) is 13.8 Å². The number of halogens is 3. The molecule has 0 aliphatic carbocycles. The molecule has 0 aromatic carbocycles. The number of hydrogen-bond donors (Lipinski definition) is 4. The Morgan fingerprint density at radius 1 is 1.25 bits per heavy atom. The summed E-state index contributed by atoms with van der Waals surface area (Å²) in [6.45, 7) is 2.64. The van der Waals surface area contributed by atoms with E-state index < -0.39 is 18.8 Å². The molecule has 20 heavy (non-hydrogen) atoms. The third kappa shape index (κ3) is 5.01. The number of aromatic nitrogens is 3. The first kappa shape index (κ1) is 16.2. The van der Waals surface area contributed by atoms with Crippen molar-refractivity contribution in [3.63, 3.8) is 0 Å². The Kier molecular flexibility index (Phi) is 5.27. The molecule has 114 valence electrons. The van der Waals surface area contributed by atoms with Crippen molar-refractivity contribution in [3.05, 3.63) is 0 Å². The minimum Gasteiger partial charge on any atom is -0.461 e. The predicted molar refractivity (Wildman–Crippen MR) is 64.0 cm³/mol. The Morgan fingerprint density at radius 2 is 1.85 bits per heavy atom. The molecule has 0 aliphatic rings. The minimum atomic E-state index is -4.73. The van der Waals surface area contributed by atoms with Gasteiger partial charge >= 0.3 is 12.2 Å². The highest BCUT2D eigenvalue weighted by Gasteiger charge is 2.38. The second kappa shape index (κ2) is 6.52. The summed E-state index contributed by atoms with van der Waals surface area (Å²) < 4.78 is 41.6. The van der Waals surface area contributed by atoms with Crippen molar-refractivity contribution in [1.82, 2.24) is 15.0 Å². The lowest BCUT2D eigenvalue weighted by molar-refractivity contribution is -0.198.